The van der Waals surface area contributed by atoms with Gasteiger partial charge in [0.05, 0.1) is 0 Å². The molecule has 2 amide bonds. The number of carbonyl (C=O) groups is 2. The Bertz CT molecular complexity index is 936. The van der Waals surface area contributed by atoms with E-state index in [9.17, 15) is 106 Å². The second-order valence-electron chi connectivity index (χ2n) is 8.52. The number of alkyl halides is 22. The van der Waals surface area contributed by atoms with Gasteiger partial charge in [0.1, 0.15) is 0 Å². The van der Waals surface area contributed by atoms with Crippen LogP contribution in [0.5, 0.6) is 0 Å². The van der Waals surface area contributed by atoms with Crippen LogP contribution in [0.3, 0.4) is 0 Å². The molecule has 4 nitrogen and oxygen atoms in total. The monoisotopic (exact) mass is 708 g/mol. The van der Waals surface area contributed by atoms with E-state index in [0.717, 1.165) is 10.6 Å². The molecule has 0 aromatic heterocycles. The maximum atomic E-state index is 13.5. The van der Waals surface area contributed by atoms with Crippen molar-refractivity contribution in [1.29, 1.82) is 0 Å². The van der Waals surface area contributed by atoms with Crippen molar-refractivity contribution in [3.63, 3.8) is 0 Å². The van der Waals surface area contributed by atoms with Crippen molar-refractivity contribution in [2.45, 2.75) is 85.4 Å². The summed E-state index contributed by atoms with van der Waals surface area (Å²) in [6.45, 7) is -2.49. The molecule has 0 atom stereocenters. The Labute approximate surface area is 228 Å². The Balaban J connectivity index is 5.04. The zero-order valence-electron chi connectivity index (χ0n) is 20.4. The lowest BCUT2D eigenvalue weighted by Crippen LogP contribution is -2.69. The van der Waals surface area contributed by atoms with Gasteiger partial charge >= 0.3 is 59.7 Å². The molecular weight excluding hydrogens is 694 g/mol. The minimum absolute atomic E-state index is 0.497. The predicted molar refractivity (Wildman–Crippen MR) is 96.2 cm³/mol. The third-order valence-corrected chi connectivity index (χ3v) is 5.32. The quantitative estimate of drug-likeness (QED) is 0.143. The van der Waals surface area contributed by atoms with Crippen LogP contribution in [-0.2, 0) is 9.59 Å². The Morgan fingerprint density at radius 3 is 0.773 bits per heavy atom. The zero-order valence-corrected chi connectivity index (χ0v) is 20.4. The Morgan fingerprint density at radius 2 is 0.568 bits per heavy atom. The van der Waals surface area contributed by atoms with Gasteiger partial charge in [-0.15, -0.1) is 0 Å². The third-order valence-electron chi connectivity index (χ3n) is 5.32. The number of carbonyl (C=O) groups excluding carboxylic acids is 2. The van der Waals surface area contributed by atoms with E-state index < -0.39 is 110 Å². The maximum absolute atomic E-state index is 13.5. The lowest BCUT2D eigenvalue weighted by Gasteiger charge is -2.36. The number of halogens is 22. The highest BCUT2D eigenvalue weighted by Crippen LogP contribution is 2.58. The Morgan fingerprint density at radius 1 is 0.341 bits per heavy atom. The lowest BCUT2D eigenvalue weighted by molar-refractivity contribution is -0.417. The van der Waals surface area contributed by atoms with Gasteiger partial charge in [-0.25, -0.2) is 0 Å². The van der Waals surface area contributed by atoms with Crippen LogP contribution in [0.2, 0.25) is 0 Å². The zero-order chi connectivity index (χ0) is 35.8. The smallest absolute Gasteiger partial charge is 0.351 e. The van der Waals surface area contributed by atoms with Crippen LogP contribution in [0, 0.1) is 0 Å². The van der Waals surface area contributed by atoms with E-state index in [1.165, 1.54) is 0 Å². The van der Waals surface area contributed by atoms with Gasteiger partial charge in [-0.3, -0.25) is 9.59 Å². The van der Waals surface area contributed by atoms with Gasteiger partial charge < -0.3 is 10.6 Å². The van der Waals surface area contributed by atoms with Crippen molar-refractivity contribution < 1.29 is 106 Å². The van der Waals surface area contributed by atoms with Crippen molar-refractivity contribution in [3.05, 3.63) is 0 Å². The molecule has 0 bridgehead atoms. The van der Waals surface area contributed by atoms with Gasteiger partial charge in [-0.1, -0.05) is 12.8 Å². The van der Waals surface area contributed by atoms with Gasteiger partial charge in [0, 0.05) is 13.1 Å². The van der Waals surface area contributed by atoms with Crippen LogP contribution in [0.25, 0.3) is 0 Å². The van der Waals surface area contributed by atoms with Crippen LogP contribution < -0.4 is 10.6 Å². The predicted octanol–water partition coefficient (Wildman–Crippen LogP) is 6.99. The van der Waals surface area contributed by atoms with Gasteiger partial charge in [0.25, 0.3) is 11.8 Å². The minimum atomic E-state index is -7.86. The van der Waals surface area contributed by atoms with E-state index in [4.69, 9.17) is 0 Å². The molecular formula is C18H14F22N2O2. The first-order chi connectivity index (χ1) is 19.0. The topological polar surface area (TPSA) is 58.2 Å². The first-order valence-corrected chi connectivity index (χ1v) is 10.8. The number of rotatable bonds is 15. The second kappa shape index (κ2) is 12.3. The van der Waals surface area contributed by atoms with Gasteiger partial charge in [0.2, 0.25) is 0 Å². The van der Waals surface area contributed by atoms with Crippen LogP contribution in [0.4, 0.5) is 96.6 Å². The molecule has 26 heteroatoms. The molecule has 0 heterocycles. The molecule has 0 spiro atoms. The number of hydrogen-bond acceptors (Lipinski definition) is 2. The third kappa shape index (κ3) is 6.80. The van der Waals surface area contributed by atoms with Gasteiger partial charge in [-0.05, 0) is 12.8 Å². The summed E-state index contributed by atoms with van der Waals surface area (Å²) in [5, 5.41) is 1.56. The van der Waals surface area contributed by atoms with Crippen molar-refractivity contribution in [3.8, 4) is 0 Å². The molecule has 0 aliphatic rings. The molecule has 0 saturated heterocycles. The average Bonchev–Trinajstić information content (AvgIpc) is 2.82. The highest BCUT2D eigenvalue weighted by molar-refractivity contribution is 5.85. The van der Waals surface area contributed by atoms with Crippen LogP contribution >= 0.6 is 0 Å². The molecule has 262 valence electrons. The molecule has 0 saturated carbocycles. The summed E-state index contributed by atoms with van der Waals surface area (Å²) in [4.78, 5) is 22.3. The maximum Gasteiger partial charge on any atom is 0.460 e. The fraction of sp³-hybridized carbons (Fsp3) is 0.889. The Hall–Kier alpha value is -2.60. The molecule has 2 N–H and O–H groups in total. The van der Waals surface area contributed by atoms with E-state index in [-0.39, 0.29) is 0 Å². The SMILES string of the molecule is O=C(NCCCCCCNC(=O)C(F)(F)C(F)(F)C(F)(F)C(F)(F)C(F)(F)F)C(F)(F)C(F)(F)C(F)(F)C(F)(F)C(F)(F)F. The largest absolute Gasteiger partial charge is 0.460 e. The van der Waals surface area contributed by atoms with E-state index in [2.05, 4.69) is 0 Å². The summed E-state index contributed by atoms with van der Waals surface area (Å²) in [5.74, 6) is -67.2. The fourth-order valence-corrected chi connectivity index (χ4v) is 2.66. The van der Waals surface area contributed by atoms with E-state index in [1.807, 2.05) is 0 Å². The van der Waals surface area contributed by atoms with Crippen LogP contribution in [0.1, 0.15) is 25.7 Å². The van der Waals surface area contributed by atoms with Crippen LogP contribution in [-0.4, -0.2) is 84.6 Å². The summed E-state index contributed by atoms with van der Waals surface area (Å²) in [7, 11) is 0. The molecule has 0 rings (SSSR count). The van der Waals surface area contributed by atoms with Gasteiger partial charge in [-0.2, -0.15) is 96.6 Å². The molecule has 0 radical (unpaired) electrons. The summed E-state index contributed by atoms with van der Waals surface area (Å²) in [6.07, 6.45) is -17.4. The number of nitrogens with one attached hydrogen (secondary N) is 2. The summed E-state index contributed by atoms with van der Waals surface area (Å²) in [6, 6.07) is 0. The molecule has 0 unspecified atom stereocenters. The molecule has 0 aliphatic carbocycles. The van der Waals surface area contributed by atoms with Crippen molar-refractivity contribution >= 4 is 11.8 Å². The van der Waals surface area contributed by atoms with Crippen molar-refractivity contribution in [2.24, 2.45) is 0 Å². The fourth-order valence-electron chi connectivity index (χ4n) is 2.66. The number of unbranched alkanes of at least 4 members (excludes halogenated alkanes) is 3. The molecule has 0 fully saturated rings. The molecule has 0 aromatic carbocycles. The highest BCUT2D eigenvalue weighted by atomic mass is 19.4. The van der Waals surface area contributed by atoms with E-state index in [0.29, 0.717) is 0 Å². The average molecular weight is 708 g/mol. The first-order valence-electron chi connectivity index (χ1n) is 10.8. The summed E-state index contributed by atoms with van der Waals surface area (Å²) < 4.78 is 283. The van der Waals surface area contributed by atoms with E-state index in [1.54, 1.807) is 0 Å². The summed E-state index contributed by atoms with van der Waals surface area (Å²) in [5.41, 5.74) is 0. The molecule has 44 heavy (non-hydrogen) atoms. The summed E-state index contributed by atoms with van der Waals surface area (Å²) >= 11 is 0. The highest BCUT2D eigenvalue weighted by Gasteiger charge is 2.89. The molecule has 0 aromatic rings. The van der Waals surface area contributed by atoms with Gasteiger partial charge in [0.15, 0.2) is 0 Å². The normalized spacial score (nSPS) is 15.3. The minimum Gasteiger partial charge on any atom is -0.351 e. The standard InChI is InChI=1S/C18H14F22N2O2/c19-9(20,11(23,24)13(27,28)15(31,32)17(35,36)37)7(43)41-5-3-1-2-4-6-42-8(44)10(21,22)12(25,26)14(29,30)16(33,34)18(38,39)40/h1-6H2,(H,41,43)(H,42,44). The second-order valence-corrected chi connectivity index (χ2v) is 8.52. The number of hydrogen-bond donors (Lipinski definition) is 2. The van der Waals surface area contributed by atoms with Crippen molar-refractivity contribution in [1.82, 2.24) is 10.6 Å². The Kier molecular flexibility index (Phi) is 11.6. The number of amides is 2. The lowest BCUT2D eigenvalue weighted by atomic mass is 9.97. The van der Waals surface area contributed by atoms with E-state index >= 15 is 0 Å². The van der Waals surface area contributed by atoms with Crippen LogP contribution in [0.15, 0.2) is 0 Å². The van der Waals surface area contributed by atoms with Crippen molar-refractivity contribution in [2.75, 3.05) is 13.1 Å². The molecule has 0 aliphatic heterocycles. The first kappa shape index (κ1) is 41.4.